The summed E-state index contributed by atoms with van der Waals surface area (Å²) >= 11 is 1.24. The molecule has 1 saturated heterocycles. The van der Waals surface area contributed by atoms with Gasteiger partial charge in [-0.15, -0.1) is 11.3 Å². The maximum Gasteiger partial charge on any atom is 0.331 e. The molecule has 10 heteroatoms. The van der Waals surface area contributed by atoms with Gasteiger partial charge in [0.05, 0.1) is 22.4 Å². The van der Waals surface area contributed by atoms with Crippen molar-refractivity contribution in [2.45, 2.75) is 12.5 Å². The summed E-state index contributed by atoms with van der Waals surface area (Å²) in [6, 6.07) is 27.1. The van der Waals surface area contributed by atoms with Crippen molar-refractivity contribution in [3.05, 3.63) is 108 Å². The molecule has 208 valence electrons. The molecule has 2 N–H and O–H groups in total. The molecule has 0 radical (unpaired) electrons. The van der Waals surface area contributed by atoms with Crippen LogP contribution in [-0.2, 0) is 0 Å². The lowest BCUT2D eigenvalue weighted by Gasteiger charge is -2.28. The third kappa shape index (κ3) is 4.71. The summed E-state index contributed by atoms with van der Waals surface area (Å²) in [4.78, 5) is 48.6. The predicted octanol–water partition coefficient (Wildman–Crippen LogP) is 6.42. The second-order valence-corrected chi connectivity index (χ2v) is 11.1. The Morgan fingerprint density at radius 3 is 2.40 bits per heavy atom. The van der Waals surface area contributed by atoms with Gasteiger partial charge < -0.3 is 20.3 Å². The molecule has 4 amide bonds. The lowest BCUT2D eigenvalue weighted by Crippen LogP contribution is -2.39. The van der Waals surface area contributed by atoms with Gasteiger partial charge in [0.15, 0.2) is 0 Å². The summed E-state index contributed by atoms with van der Waals surface area (Å²) in [5, 5.41) is 6.71. The molecule has 0 saturated carbocycles. The molecule has 0 bridgehead atoms. The number of carbonyl (C=O) groups excluding carboxylic acids is 3. The summed E-state index contributed by atoms with van der Waals surface area (Å²) in [6.07, 6.45) is 2.29. The standard InChI is InChI=1S/C32H25N5O4S/c38-29(34-21-16-18-36(19-21)31(39)20-7-3-1-4-8-20)28-27-26-25(15-17-33-30(26)42-28)37(32(40)35-27)22-11-13-24(14-12-22)41-23-9-5-2-6-10-23/h1-15,17,21H,16,18-19H2,(H,34,38)(H,35,40). The maximum atomic E-state index is 13.5. The van der Waals surface area contributed by atoms with Gasteiger partial charge in [0.1, 0.15) is 21.2 Å². The van der Waals surface area contributed by atoms with Crippen molar-refractivity contribution in [3.63, 3.8) is 0 Å². The highest BCUT2D eigenvalue weighted by Crippen LogP contribution is 2.46. The lowest BCUT2D eigenvalue weighted by molar-refractivity contribution is 0.0783. The zero-order valence-electron chi connectivity index (χ0n) is 22.3. The first-order valence-corrected chi connectivity index (χ1v) is 14.4. The van der Waals surface area contributed by atoms with Crippen LogP contribution in [0.3, 0.4) is 0 Å². The van der Waals surface area contributed by atoms with E-state index in [9.17, 15) is 14.4 Å². The predicted molar refractivity (Wildman–Crippen MR) is 162 cm³/mol. The van der Waals surface area contributed by atoms with Crippen LogP contribution in [0.25, 0.3) is 10.2 Å². The second-order valence-electron chi connectivity index (χ2n) is 10.1. The molecule has 0 spiro atoms. The molecule has 1 unspecified atom stereocenters. The average molecular weight is 576 g/mol. The molecule has 1 atom stereocenters. The normalized spacial score (nSPS) is 15.9. The van der Waals surface area contributed by atoms with Crippen molar-refractivity contribution in [3.8, 4) is 11.5 Å². The van der Waals surface area contributed by atoms with Crippen LogP contribution >= 0.6 is 11.3 Å². The number of pyridine rings is 1. The van der Waals surface area contributed by atoms with Crippen molar-refractivity contribution >= 4 is 56.5 Å². The number of nitrogens with zero attached hydrogens (tertiary/aromatic N) is 3. The Bertz CT molecular complexity index is 1810. The highest BCUT2D eigenvalue weighted by atomic mass is 32.1. The molecule has 3 aromatic carbocycles. The number of para-hydroxylation sites is 1. The SMILES string of the molecule is O=C(NC1CCN(C(=O)c2ccccc2)C1)c1sc2nccc3c2c1NC(=O)N3c1ccc(Oc2ccccc2)cc1. The fourth-order valence-corrected chi connectivity index (χ4v) is 6.39. The van der Waals surface area contributed by atoms with Crippen LogP contribution in [0, 0.1) is 0 Å². The van der Waals surface area contributed by atoms with Gasteiger partial charge in [-0.2, -0.15) is 0 Å². The molecule has 2 aromatic heterocycles. The van der Waals surface area contributed by atoms with E-state index in [1.165, 1.54) is 11.3 Å². The van der Waals surface area contributed by atoms with Gasteiger partial charge in [0.25, 0.3) is 11.8 Å². The highest BCUT2D eigenvalue weighted by molar-refractivity contribution is 7.21. The molecular weight excluding hydrogens is 550 g/mol. The number of aromatic nitrogens is 1. The zero-order valence-corrected chi connectivity index (χ0v) is 23.1. The third-order valence-electron chi connectivity index (χ3n) is 7.36. The zero-order chi connectivity index (χ0) is 28.6. The van der Waals surface area contributed by atoms with Gasteiger partial charge in [-0.1, -0.05) is 36.4 Å². The number of benzene rings is 3. The number of rotatable bonds is 6. The number of amides is 4. The Morgan fingerprint density at radius 1 is 0.929 bits per heavy atom. The molecule has 4 heterocycles. The number of anilines is 3. The molecule has 42 heavy (non-hydrogen) atoms. The minimum Gasteiger partial charge on any atom is -0.457 e. The minimum atomic E-state index is -0.375. The number of hydrogen-bond donors (Lipinski definition) is 2. The Kier molecular flexibility index (Phi) is 6.52. The summed E-state index contributed by atoms with van der Waals surface area (Å²) < 4.78 is 5.89. The molecular formula is C32H25N5O4S. The van der Waals surface area contributed by atoms with Crippen molar-refractivity contribution in [2.24, 2.45) is 0 Å². The van der Waals surface area contributed by atoms with E-state index in [-0.39, 0.29) is 23.9 Å². The number of urea groups is 1. The van der Waals surface area contributed by atoms with Crippen molar-refractivity contribution in [1.82, 2.24) is 15.2 Å². The Balaban J connectivity index is 1.11. The van der Waals surface area contributed by atoms with E-state index in [2.05, 4.69) is 15.6 Å². The van der Waals surface area contributed by atoms with Gasteiger partial charge in [0.2, 0.25) is 0 Å². The van der Waals surface area contributed by atoms with Crippen molar-refractivity contribution in [1.29, 1.82) is 0 Å². The van der Waals surface area contributed by atoms with Crippen LogP contribution in [0.2, 0.25) is 0 Å². The number of likely N-dealkylation sites (tertiary alicyclic amines) is 1. The first-order chi connectivity index (χ1) is 20.5. The molecule has 1 fully saturated rings. The van der Waals surface area contributed by atoms with Gasteiger partial charge in [-0.05, 0) is 61.0 Å². The van der Waals surface area contributed by atoms with Crippen LogP contribution in [0.5, 0.6) is 11.5 Å². The largest absolute Gasteiger partial charge is 0.457 e. The smallest absolute Gasteiger partial charge is 0.331 e. The summed E-state index contributed by atoms with van der Waals surface area (Å²) in [7, 11) is 0. The number of ether oxygens (including phenoxy) is 1. The molecule has 2 aliphatic rings. The van der Waals surface area contributed by atoms with E-state index in [0.29, 0.717) is 63.0 Å². The van der Waals surface area contributed by atoms with E-state index >= 15 is 0 Å². The average Bonchev–Trinajstić information content (AvgIpc) is 3.64. The van der Waals surface area contributed by atoms with Crippen molar-refractivity contribution < 1.29 is 19.1 Å². The molecule has 2 aliphatic heterocycles. The number of thiophene rings is 1. The van der Waals surface area contributed by atoms with Crippen molar-refractivity contribution in [2.75, 3.05) is 23.3 Å². The van der Waals surface area contributed by atoms with E-state index in [1.54, 1.807) is 34.2 Å². The first kappa shape index (κ1) is 25.7. The van der Waals surface area contributed by atoms with Gasteiger partial charge in [0, 0.05) is 30.9 Å². The fraction of sp³-hybridized carbons (Fsp3) is 0.125. The van der Waals surface area contributed by atoms with Crippen LogP contribution < -0.4 is 20.3 Å². The van der Waals surface area contributed by atoms with Crippen LogP contribution in [0.15, 0.2) is 97.2 Å². The van der Waals surface area contributed by atoms with Crippen LogP contribution in [-0.4, -0.2) is 46.9 Å². The van der Waals surface area contributed by atoms with E-state index in [1.807, 2.05) is 72.8 Å². The fourth-order valence-electron chi connectivity index (χ4n) is 5.37. The monoisotopic (exact) mass is 575 g/mol. The number of carbonyl (C=O) groups is 3. The maximum absolute atomic E-state index is 13.5. The second kappa shape index (κ2) is 10.6. The number of nitrogens with one attached hydrogen (secondary N) is 2. The van der Waals surface area contributed by atoms with Gasteiger partial charge in [-0.3, -0.25) is 14.5 Å². The minimum absolute atomic E-state index is 0.0508. The Hall–Kier alpha value is -5.22. The van der Waals surface area contributed by atoms with Crippen LogP contribution in [0.1, 0.15) is 26.5 Å². The quantitative estimate of drug-likeness (QED) is 0.243. The van der Waals surface area contributed by atoms with E-state index < -0.39 is 0 Å². The summed E-state index contributed by atoms with van der Waals surface area (Å²) in [5.41, 5.74) is 2.38. The molecule has 9 nitrogen and oxygen atoms in total. The molecule has 5 aromatic rings. The van der Waals surface area contributed by atoms with Crippen LogP contribution in [0.4, 0.5) is 21.9 Å². The Labute approximate surface area is 245 Å². The van der Waals surface area contributed by atoms with Gasteiger partial charge >= 0.3 is 6.03 Å². The molecule has 0 aliphatic carbocycles. The highest BCUT2D eigenvalue weighted by Gasteiger charge is 2.34. The number of hydrogen-bond acceptors (Lipinski definition) is 6. The first-order valence-electron chi connectivity index (χ1n) is 13.6. The lowest BCUT2D eigenvalue weighted by atomic mass is 10.1. The summed E-state index contributed by atoms with van der Waals surface area (Å²) in [6.45, 7) is 0.984. The topological polar surface area (TPSA) is 104 Å². The Morgan fingerprint density at radius 2 is 1.64 bits per heavy atom. The summed E-state index contributed by atoms with van der Waals surface area (Å²) in [5.74, 6) is 1.02. The van der Waals surface area contributed by atoms with E-state index in [4.69, 9.17) is 4.74 Å². The van der Waals surface area contributed by atoms with Gasteiger partial charge in [-0.25, -0.2) is 9.78 Å². The third-order valence-corrected chi connectivity index (χ3v) is 8.45. The van der Waals surface area contributed by atoms with E-state index in [0.717, 1.165) is 5.75 Å². The molecule has 7 rings (SSSR count).